The molecular formula is C27H23ClF6N6O5S2. The Bertz CT molecular complexity index is 1860. The van der Waals surface area contributed by atoms with E-state index in [2.05, 4.69) is 29.7 Å². The number of hydrogen-bond donors (Lipinski definition) is 1. The Hall–Kier alpha value is -3.94. The number of fused-ring (bicyclic) bond motifs is 1. The van der Waals surface area contributed by atoms with Crippen molar-refractivity contribution in [1.29, 1.82) is 0 Å². The highest BCUT2D eigenvalue weighted by Gasteiger charge is 2.39. The van der Waals surface area contributed by atoms with E-state index < -0.39 is 46.2 Å². The van der Waals surface area contributed by atoms with E-state index in [9.17, 15) is 39.6 Å². The number of thiazole rings is 1. The minimum atomic E-state index is -4.97. The molecule has 4 aromatic rings. The van der Waals surface area contributed by atoms with Crippen LogP contribution < -0.4 is 19.7 Å². The number of amides is 1. The third kappa shape index (κ3) is 8.70. The van der Waals surface area contributed by atoms with E-state index in [0.29, 0.717) is 26.9 Å². The fourth-order valence-corrected chi connectivity index (χ4v) is 7.61. The number of aryl methyl sites for hydroxylation is 1. The molecule has 11 nitrogen and oxygen atoms in total. The van der Waals surface area contributed by atoms with Crippen molar-refractivity contribution in [2.75, 3.05) is 24.5 Å². The average Bonchev–Trinajstić information content (AvgIpc) is 3.40. The van der Waals surface area contributed by atoms with Crippen molar-refractivity contribution in [1.82, 2.24) is 24.6 Å². The van der Waals surface area contributed by atoms with Crippen molar-refractivity contribution in [3.8, 4) is 11.5 Å². The number of carbonyl (C=O) groups is 1. The van der Waals surface area contributed by atoms with E-state index in [0.717, 1.165) is 40.7 Å². The molecule has 0 saturated carbocycles. The molecule has 1 aliphatic heterocycles. The molecule has 2 aromatic carbocycles. The van der Waals surface area contributed by atoms with Gasteiger partial charge in [-0.1, -0.05) is 35.1 Å². The number of hydrogen-bond acceptors (Lipinski definition) is 10. The molecule has 1 amide bonds. The minimum Gasteiger partial charge on any atom is -0.406 e. The van der Waals surface area contributed by atoms with Gasteiger partial charge in [-0.25, -0.2) is 18.4 Å². The van der Waals surface area contributed by atoms with Crippen LogP contribution in [-0.4, -0.2) is 72.0 Å². The summed E-state index contributed by atoms with van der Waals surface area (Å²) in [6, 6.07) is 7.55. The maximum Gasteiger partial charge on any atom is 0.573 e. The summed E-state index contributed by atoms with van der Waals surface area (Å²) in [6.07, 6.45) is -10.2. The second kappa shape index (κ2) is 13.3. The number of sulfonamides is 1. The number of halogens is 7. The third-order valence-electron chi connectivity index (χ3n) is 6.74. The van der Waals surface area contributed by atoms with Crippen LogP contribution in [-0.2, 0) is 21.4 Å². The van der Waals surface area contributed by atoms with Gasteiger partial charge in [-0.2, -0.15) is 9.29 Å². The second-order valence-electron chi connectivity index (χ2n) is 10.1. The number of rotatable bonds is 9. The first-order chi connectivity index (χ1) is 22.0. The predicted octanol–water partition coefficient (Wildman–Crippen LogP) is 5.43. The van der Waals surface area contributed by atoms with Crippen LogP contribution in [0.1, 0.15) is 17.8 Å². The smallest absolute Gasteiger partial charge is 0.406 e. The molecule has 47 heavy (non-hydrogen) atoms. The van der Waals surface area contributed by atoms with Crippen molar-refractivity contribution < 1.29 is 49.0 Å². The molecule has 1 fully saturated rings. The Kier molecular flexibility index (Phi) is 9.72. The summed E-state index contributed by atoms with van der Waals surface area (Å²) in [5.74, 6) is -1.22. The monoisotopic (exact) mass is 724 g/mol. The summed E-state index contributed by atoms with van der Waals surface area (Å²) in [5.41, 5.74) is 0.797. The first kappa shape index (κ1) is 34.4. The highest BCUT2D eigenvalue weighted by molar-refractivity contribution is 7.89. The summed E-state index contributed by atoms with van der Waals surface area (Å²) in [6.45, 7) is 1.59. The average molecular weight is 725 g/mol. The zero-order valence-electron chi connectivity index (χ0n) is 24.0. The van der Waals surface area contributed by atoms with Gasteiger partial charge >= 0.3 is 12.7 Å². The van der Waals surface area contributed by atoms with Crippen LogP contribution in [0.15, 0.2) is 53.4 Å². The molecule has 3 heterocycles. The van der Waals surface area contributed by atoms with Gasteiger partial charge in [0.1, 0.15) is 22.0 Å². The summed E-state index contributed by atoms with van der Waals surface area (Å²) in [4.78, 5) is 27.5. The number of aromatic nitrogens is 3. The number of anilines is 1. The zero-order chi connectivity index (χ0) is 34.1. The van der Waals surface area contributed by atoms with Crippen LogP contribution in [0, 0.1) is 6.92 Å². The maximum absolute atomic E-state index is 13.7. The summed E-state index contributed by atoms with van der Waals surface area (Å²) in [7, 11) is -4.32. The molecule has 2 aromatic heterocycles. The van der Waals surface area contributed by atoms with Crippen LogP contribution in [0.4, 0.5) is 31.5 Å². The predicted molar refractivity (Wildman–Crippen MR) is 158 cm³/mol. The van der Waals surface area contributed by atoms with Crippen LogP contribution in [0.2, 0.25) is 5.15 Å². The zero-order valence-corrected chi connectivity index (χ0v) is 26.4. The summed E-state index contributed by atoms with van der Waals surface area (Å²) in [5, 5.41) is 3.29. The minimum absolute atomic E-state index is 0.00471. The lowest BCUT2D eigenvalue weighted by molar-refractivity contribution is -0.275. The highest BCUT2D eigenvalue weighted by atomic mass is 35.5. The van der Waals surface area contributed by atoms with Gasteiger partial charge in [-0.15, -0.1) is 26.3 Å². The molecule has 1 atom stereocenters. The van der Waals surface area contributed by atoms with Gasteiger partial charge in [-0.3, -0.25) is 4.79 Å². The standard InChI is InChI=1S/C27H23ClF6N6O5S2/c1-15-36-23(28)22-24(37-15)38-25(46-22)39-10-11-40(47(42,43)20-8-6-19(7-9-20)45-27(32,33)34)17(14-39)12-21(41)35-13-16-2-4-18(5-3-16)44-26(29,30)31/h2-9,17H,10-14H2,1H3,(H,35,41)/t17-/m0/s1. The number of ether oxygens (including phenoxy) is 2. The number of benzene rings is 2. The fourth-order valence-electron chi connectivity index (χ4n) is 4.76. The molecule has 0 radical (unpaired) electrons. The van der Waals surface area contributed by atoms with E-state index in [1.165, 1.54) is 23.5 Å². The van der Waals surface area contributed by atoms with E-state index >= 15 is 0 Å². The van der Waals surface area contributed by atoms with Crippen LogP contribution in [0.25, 0.3) is 10.3 Å². The SMILES string of the molecule is Cc1nc(Cl)c2sc(N3CCN(S(=O)(=O)c4ccc(OC(F)(F)F)cc4)[C@@H](CC(=O)NCc4ccc(OC(F)(F)F)cc4)C3)nc2n1. The Labute approximate surface area is 272 Å². The lowest BCUT2D eigenvalue weighted by atomic mass is 10.1. The van der Waals surface area contributed by atoms with Gasteiger partial charge < -0.3 is 19.7 Å². The molecule has 0 unspecified atom stereocenters. The van der Waals surface area contributed by atoms with Crippen molar-refractivity contribution in [2.24, 2.45) is 0 Å². The van der Waals surface area contributed by atoms with Crippen molar-refractivity contribution >= 4 is 54.3 Å². The maximum atomic E-state index is 13.7. The highest BCUT2D eigenvalue weighted by Crippen LogP contribution is 2.35. The number of carbonyl (C=O) groups excluding carboxylic acids is 1. The largest absolute Gasteiger partial charge is 0.573 e. The first-order valence-electron chi connectivity index (χ1n) is 13.5. The Morgan fingerprint density at radius 2 is 1.55 bits per heavy atom. The molecule has 252 valence electrons. The molecule has 0 aliphatic carbocycles. The van der Waals surface area contributed by atoms with E-state index in [4.69, 9.17) is 11.6 Å². The summed E-state index contributed by atoms with van der Waals surface area (Å²) >= 11 is 7.45. The molecule has 0 bridgehead atoms. The van der Waals surface area contributed by atoms with Crippen molar-refractivity contribution in [3.63, 3.8) is 0 Å². The molecular weight excluding hydrogens is 702 g/mol. The Morgan fingerprint density at radius 3 is 2.15 bits per heavy atom. The lowest BCUT2D eigenvalue weighted by Crippen LogP contribution is -2.56. The summed E-state index contributed by atoms with van der Waals surface area (Å²) < 4.78 is 112. The number of nitrogens with one attached hydrogen (secondary N) is 1. The lowest BCUT2D eigenvalue weighted by Gasteiger charge is -2.40. The molecule has 20 heteroatoms. The number of nitrogens with zero attached hydrogens (tertiary/aromatic N) is 5. The second-order valence-corrected chi connectivity index (χ2v) is 13.3. The Balaban J connectivity index is 1.35. The fraction of sp³-hybridized carbons (Fsp3) is 0.333. The van der Waals surface area contributed by atoms with E-state index in [1.807, 2.05) is 0 Å². The van der Waals surface area contributed by atoms with Crippen LogP contribution in [0.5, 0.6) is 11.5 Å². The van der Waals surface area contributed by atoms with Gasteiger partial charge in [0.2, 0.25) is 15.9 Å². The molecule has 0 spiro atoms. The van der Waals surface area contributed by atoms with E-state index in [-0.39, 0.29) is 42.6 Å². The van der Waals surface area contributed by atoms with Crippen LogP contribution >= 0.6 is 22.9 Å². The molecule has 1 saturated heterocycles. The molecule has 5 rings (SSSR count). The molecule has 1 N–H and O–H groups in total. The van der Waals surface area contributed by atoms with Gasteiger partial charge in [0, 0.05) is 32.6 Å². The molecule has 1 aliphatic rings. The first-order valence-corrected chi connectivity index (χ1v) is 16.1. The quantitative estimate of drug-likeness (QED) is 0.178. The van der Waals surface area contributed by atoms with Crippen molar-refractivity contribution in [3.05, 3.63) is 65.1 Å². The van der Waals surface area contributed by atoms with Gasteiger partial charge in [0.15, 0.2) is 15.9 Å². The van der Waals surface area contributed by atoms with Gasteiger partial charge in [0.05, 0.1) is 10.9 Å². The third-order valence-corrected chi connectivity index (χ3v) is 10.2. The number of piperazine rings is 1. The van der Waals surface area contributed by atoms with Crippen LogP contribution in [0.3, 0.4) is 0 Å². The van der Waals surface area contributed by atoms with E-state index in [1.54, 1.807) is 11.8 Å². The normalized spacial score (nSPS) is 16.3. The number of alkyl halides is 6. The van der Waals surface area contributed by atoms with Gasteiger partial charge in [-0.05, 0) is 48.9 Å². The Morgan fingerprint density at radius 1 is 0.957 bits per heavy atom. The van der Waals surface area contributed by atoms with Gasteiger partial charge in [0.25, 0.3) is 0 Å². The van der Waals surface area contributed by atoms with Crippen molar-refractivity contribution in [2.45, 2.75) is 43.6 Å². The topological polar surface area (TPSA) is 127 Å².